The summed E-state index contributed by atoms with van der Waals surface area (Å²) in [5, 5.41) is 5.03. The van der Waals surface area contributed by atoms with Crippen LogP contribution >= 0.6 is 23.8 Å². The number of hydrogen-bond acceptors (Lipinski definition) is 1. The summed E-state index contributed by atoms with van der Waals surface area (Å²) in [6.07, 6.45) is 7.45. The molecule has 1 rings (SSSR count). The lowest BCUT2D eigenvalue weighted by Crippen LogP contribution is -2.40. The van der Waals surface area contributed by atoms with E-state index < -0.39 is 0 Å². The molecule has 0 saturated heterocycles. The summed E-state index contributed by atoms with van der Waals surface area (Å²) < 4.78 is 0. The minimum Gasteiger partial charge on any atom is -0.358 e. The highest BCUT2D eigenvalue weighted by atomic mass is 35.5. The van der Waals surface area contributed by atoms with Gasteiger partial charge < -0.3 is 10.2 Å². The molecular formula is C18H29ClN2S. The number of thiocarbonyl (C=S) groups is 1. The number of rotatable bonds is 10. The van der Waals surface area contributed by atoms with E-state index in [1.807, 2.05) is 24.3 Å². The molecule has 0 aliphatic carbocycles. The first-order valence-electron chi connectivity index (χ1n) is 8.44. The highest BCUT2D eigenvalue weighted by Crippen LogP contribution is 2.09. The van der Waals surface area contributed by atoms with Crippen molar-refractivity contribution in [1.29, 1.82) is 0 Å². The predicted octanol–water partition coefficient (Wildman–Crippen LogP) is 5.40. The van der Waals surface area contributed by atoms with Gasteiger partial charge in [-0.25, -0.2) is 0 Å². The van der Waals surface area contributed by atoms with Gasteiger partial charge in [0.15, 0.2) is 5.11 Å². The molecule has 0 saturated carbocycles. The second-order valence-corrected chi connectivity index (χ2v) is 6.51. The first-order chi connectivity index (χ1) is 10.7. The Morgan fingerprint density at radius 3 is 2.05 bits per heavy atom. The number of halogens is 1. The summed E-state index contributed by atoms with van der Waals surface area (Å²) in [7, 11) is 0. The van der Waals surface area contributed by atoms with Crippen LogP contribution in [-0.2, 0) is 6.54 Å². The maximum atomic E-state index is 5.91. The molecule has 0 unspecified atom stereocenters. The Labute approximate surface area is 146 Å². The third-order valence-electron chi connectivity index (χ3n) is 3.71. The Morgan fingerprint density at radius 1 is 1.00 bits per heavy atom. The standard InChI is InChI=1S/C18H29ClN2S/c1-3-5-7-13-21(14-8-6-4-2)18(22)20-15-16-9-11-17(19)12-10-16/h9-12H,3-8,13-15H2,1-2H3,(H,20,22). The number of benzene rings is 1. The van der Waals surface area contributed by atoms with Crippen LogP contribution in [0.15, 0.2) is 24.3 Å². The zero-order valence-electron chi connectivity index (χ0n) is 13.9. The number of unbranched alkanes of at least 4 members (excludes halogenated alkanes) is 4. The Bertz CT molecular complexity index is 410. The molecule has 1 aromatic carbocycles. The third-order valence-corrected chi connectivity index (χ3v) is 4.36. The quantitative estimate of drug-likeness (QED) is 0.453. The van der Waals surface area contributed by atoms with Crippen LogP contribution in [0.4, 0.5) is 0 Å². The van der Waals surface area contributed by atoms with E-state index in [-0.39, 0.29) is 0 Å². The molecular weight excluding hydrogens is 312 g/mol. The molecule has 0 bridgehead atoms. The minimum absolute atomic E-state index is 0.758. The van der Waals surface area contributed by atoms with Crippen LogP contribution in [0.1, 0.15) is 57.9 Å². The van der Waals surface area contributed by atoms with Crippen LogP contribution in [0.2, 0.25) is 5.02 Å². The molecule has 22 heavy (non-hydrogen) atoms. The van der Waals surface area contributed by atoms with Crippen molar-refractivity contribution < 1.29 is 0 Å². The normalized spacial score (nSPS) is 10.5. The van der Waals surface area contributed by atoms with Crippen LogP contribution in [0.25, 0.3) is 0 Å². The second kappa shape index (κ2) is 11.7. The van der Waals surface area contributed by atoms with Gasteiger partial charge in [0, 0.05) is 24.7 Å². The van der Waals surface area contributed by atoms with E-state index in [4.69, 9.17) is 23.8 Å². The Balaban J connectivity index is 2.44. The SMILES string of the molecule is CCCCCN(CCCCC)C(=S)NCc1ccc(Cl)cc1. The highest BCUT2D eigenvalue weighted by Gasteiger charge is 2.08. The fourth-order valence-corrected chi connectivity index (χ4v) is 2.69. The summed E-state index contributed by atoms with van der Waals surface area (Å²) >= 11 is 11.5. The van der Waals surface area contributed by atoms with Gasteiger partial charge in [-0.3, -0.25) is 0 Å². The Morgan fingerprint density at radius 2 is 1.55 bits per heavy atom. The zero-order chi connectivity index (χ0) is 16.2. The first kappa shape index (κ1) is 19.2. The van der Waals surface area contributed by atoms with Crippen molar-refractivity contribution >= 4 is 28.9 Å². The average molecular weight is 341 g/mol. The summed E-state index contributed by atoms with van der Waals surface area (Å²) in [4.78, 5) is 2.33. The third kappa shape index (κ3) is 8.00. The molecule has 0 aliphatic heterocycles. The summed E-state index contributed by atoms with van der Waals surface area (Å²) in [6.45, 7) is 7.35. The fraction of sp³-hybridized carbons (Fsp3) is 0.611. The topological polar surface area (TPSA) is 15.3 Å². The van der Waals surface area contributed by atoms with Crippen molar-refractivity contribution in [2.24, 2.45) is 0 Å². The van der Waals surface area contributed by atoms with Crippen LogP contribution in [0, 0.1) is 0 Å². The van der Waals surface area contributed by atoms with Crippen molar-refractivity contribution in [1.82, 2.24) is 10.2 Å². The van der Waals surface area contributed by atoms with Crippen molar-refractivity contribution in [2.45, 2.75) is 58.9 Å². The van der Waals surface area contributed by atoms with Crippen LogP contribution in [0.5, 0.6) is 0 Å². The van der Waals surface area contributed by atoms with Gasteiger partial charge in [-0.15, -0.1) is 0 Å². The van der Waals surface area contributed by atoms with Gasteiger partial charge in [-0.2, -0.15) is 0 Å². The largest absolute Gasteiger partial charge is 0.358 e. The van der Waals surface area contributed by atoms with Gasteiger partial charge in [-0.05, 0) is 42.8 Å². The van der Waals surface area contributed by atoms with Crippen LogP contribution in [-0.4, -0.2) is 23.1 Å². The lowest BCUT2D eigenvalue weighted by molar-refractivity contribution is 0.384. The van der Waals surface area contributed by atoms with Crippen molar-refractivity contribution in [2.75, 3.05) is 13.1 Å². The molecule has 124 valence electrons. The Hall–Kier alpha value is -0.800. The lowest BCUT2D eigenvalue weighted by Gasteiger charge is -2.26. The lowest BCUT2D eigenvalue weighted by atomic mass is 10.2. The van der Waals surface area contributed by atoms with Crippen molar-refractivity contribution in [3.05, 3.63) is 34.9 Å². The molecule has 0 spiro atoms. The van der Waals surface area contributed by atoms with Crippen molar-refractivity contribution in [3.8, 4) is 0 Å². The zero-order valence-corrected chi connectivity index (χ0v) is 15.5. The van der Waals surface area contributed by atoms with Gasteiger partial charge in [0.1, 0.15) is 0 Å². The number of hydrogen-bond donors (Lipinski definition) is 1. The summed E-state index contributed by atoms with van der Waals surface area (Å²) in [5.41, 5.74) is 1.20. The van der Waals surface area contributed by atoms with Gasteiger partial charge in [0.05, 0.1) is 0 Å². The van der Waals surface area contributed by atoms with E-state index in [9.17, 15) is 0 Å². The van der Waals surface area contributed by atoms with Crippen LogP contribution in [0.3, 0.4) is 0 Å². The molecule has 0 amide bonds. The van der Waals surface area contributed by atoms with Gasteiger partial charge in [0.25, 0.3) is 0 Å². The maximum absolute atomic E-state index is 5.91. The molecule has 2 nitrogen and oxygen atoms in total. The maximum Gasteiger partial charge on any atom is 0.169 e. The summed E-state index contributed by atoms with van der Waals surface area (Å²) in [5.74, 6) is 0. The Kier molecular flexibility index (Phi) is 10.3. The highest BCUT2D eigenvalue weighted by molar-refractivity contribution is 7.80. The van der Waals surface area contributed by atoms with E-state index >= 15 is 0 Å². The molecule has 0 atom stereocenters. The predicted molar refractivity (Wildman–Crippen MR) is 102 cm³/mol. The monoisotopic (exact) mass is 340 g/mol. The molecule has 4 heteroatoms. The molecule has 1 N–H and O–H groups in total. The average Bonchev–Trinajstić information content (AvgIpc) is 2.53. The van der Waals surface area contributed by atoms with Crippen molar-refractivity contribution in [3.63, 3.8) is 0 Å². The smallest absolute Gasteiger partial charge is 0.169 e. The second-order valence-electron chi connectivity index (χ2n) is 5.69. The number of nitrogens with one attached hydrogen (secondary N) is 1. The van der Waals surface area contributed by atoms with E-state index in [2.05, 4.69) is 24.1 Å². The molecule has 1 aromatic rings. The summed E-state index contributed by atoms with van der Waals surface area (Å²) in [6, 6.07) is 7.91. The van der Waals surface area contributed by atoms with Crippen LogP contribution < -0.4 is 5.32 Å². The molecule has 0 aliphatic rings. The van der Waals surface area contributed by atoms with E-state index in [0.717, 1.165) is 29.8 Å². The first-order valence-corrected chi connectivity index (χ1v) is 9.23. The van der Waals surface area contributed by atoms with Gasteiger partial charge in [0.2, 0.25) is 0 Å². The van der Waals surface area contributed by atoms with E-state index in [1.54, 1.807) is 0 Å². The van der Waals surface area contributed by atoms with Gasteiger partial charge >= 0.3 is 0 Å². The number of nitrogens with zero attached hydrogens (tertiary/aromatic N) is 1. The van der Waals surface area contributed by atoms with E-state index in [1.165, 1.54) is 44.1 Å². The molecule has 0 heterocycles. The van der Waals surface area contributed by atoms with Gasteiger partial charge in [-0.1, -0.05) is 63.3 Å². The minimum atomic E-state index is 0.758. The fourth-order valence-electron chi connectivity index (χ4n) is 2.31. The molecule has 0 aromatic heterocycles. The molecule has 0 radical (unpaired) electrons. The van der Waals surface area contributed by atoms with E-state index in [0.29, 0.717) is 0 Å². The molecule has 0 fully saturated rings.